The highest BCUT2D eigenvalue weighted by Gasteiger charge is 2.14. The van der Waals surface area contributed by atoms with Crippen LogP contribution in [0.1, 0.15) is 0 Å². The fourth-order valence-corrected chi connectivity index (χ4v) is 0.957. The van der Waals surface area contributed by atoms with E-state index in [1.165, 1.54) is 13.3 Å². The number of aromatic nitrogens is 1. The van der Waals surface area contributed by atoms with Crippen molar-refractivity contribution < 1.29 is 23.9 Å². The Morgan fingerprint density at radius 1 is 1.21 bits per heavy atom. The molecule has 0 N–H and O–H groups in total. The number of hydrogen-bond acceptors (Lipinski definition) is 7. The van der Waals surface area contributed by atoms with Gasteiger partial charge in [0.25, 0.3) is 0 Å². The van der Waals surface area contributed by atoms with Gasteiger partial charge in [-0.2, -0.15) is 0 Å². The number of ether oxygens (including phenoxy) is 2. The maximum Gasteiger partial charge on any atom is 0.377 e. The van der Waals surface area contributed by atoms with Crippen LogP contribution in [-0.2, 0) is 23.9 Å². The third kappa shape index (κ3) is 4.99. The minimum atomic E-state index is -0.852. The van der Waals surface area contributed by atoms with Gasteiger partial charge in [-0.1, -0.05) is 17.3 Å². The summed E-state index contributed by atoms with van der Waals surface area (Å²) in [5, 5.41) is 3.61. The van der Waals surface area contributed by atoms with E-state index in [4.69, 9.17) is 4.84 Å². The monoisotopic (exact) mass is 264 g/mol. The number of esters is 2. The first-order valence-electron chi connectivity index (χ1n) is 5.17. The Morgan fingerprint density at radius 3 is 2.68 bits per heavy atom. The topological polar surface area (TPSA) is 87.1 Å². The summed E-state index contributed by atoms with van der Waals surface area (Å²) in [5.41, 5.74) is 0.227. The molecule has 0 aliphatic carbocycles. The number of carbonyl (C=O) groups excluding carboxylic acids is 2. The van der Waals surface area contributed by atoms with Crippen LogP contribution in [0.4, 0.5) is 0 Å². The van der Waals surface area contributed by atoms with Gasteiger partial charge in [-0.05, 0) is 12.1 Å². The average molecular weight is 264 g/mol. The Hall–Kier alpha value is -2.70. The summed E-state index contributed by atoms with van der Waals surface area (Å²) in [4.78, 5) is 31.2. The van der Waals surface area contributed by atoms with Gasteiger partial charge >= 0.3 is 11.9 Å². The van der Waals surface area contributed by atoms with E-state index in [0.717, 1.165) is 13.2 Å². The molecule has 7 heteroatoms. The smallest absolute Gasteiger partial charge is 0.377 e. The lowest BCUT2D eigenvalue weighted by atomic mass is 10.4. The van der Waals surface area contributed by atoms with Crippen molar-refractivity contribution in [1.29, 1.82) is 0 Å². The van der Waals surface area contributed by atoms with E-state index >= 15 is 0 Å². The van der Waals surface area contributed by atoms with E-state index in [1.54, 1.807) is 24.3 Å². The standard InChI is InChI=1S/C12H12N2O5/c1-17-11(15)8-9(12(16)18-2)19-14-10-6-4-3-5-7-13-10/h3-8H,1-2H3/b9-8-,14-10?. The van der Waals surface area contributed by atoms with E-state index in [9.17, 15) is 9.59 Å². The van der Waals surface area contributed by atoms with Crippen molar-refractivity contribution >= 4 is 11.9 Å². The lowest BCUT2D eigenvalue weighted by Gasteiger charge is -2.01. The van der Waals surface area contributed by atoms with Crippen molar-refractivity contribution in [3.8, 4) is 0 Å². The van der Waals surface area contributed by atoms with Crippen LogP contribution in [0.2, 0.25) is 0 Å². The summed E-state index contributed by atoms with van der Waals surface area (Å²) in [6.45, 7) is 0. The highest BCUT2D eigenvalue weighted by atomic mass is 16.7. The summed E-state index contributed by atoms with van der Waals surface area (Å²) in [6.07, 6.45) is 2.34. The predicted octanol–water partition coefficient (Wildman–Crippen LogP) is 0.144. The van der Waals surface area contributed by atoms with Crippen molar-refractivity contribution in [2.75, 3.05) is 14.2 Å². The number of rotatable bonds is 4. The summed E-state index contributed by atoms with van der Waals surface area (Å²) >= 11 is 0. The van der Waals surface area contributed by atoms with Crippen molar-refractivity contribution in [3.63, 3.8) is 0 Å². The Balaban J connectivity index is 2.98. The summed E-state index contributed by atoms with van der Waals surface area (Å²) < 4.78 is 8.83. The van der Waals surface area contributed by atoms with Crippen LogP contribution in [0.5, 0.6) is 0 Å². The van der Waals surface area contributed by atoms with Gasteiger partial charge in [0.1, 0.15) is 0 Å². The second kappa shape index (κ2) is 7.59. The maximum atomic E-state index is 11.3. The normalized spacial score (nSPS) is 11.7. The van der Waals surface area contributed by atoms with Crippen LogP contribution >= 0.6 is 0 Å². The number of methoxy groups -OCH3 is 2. The van der Waals surface area contributed by atoms with Gasteiger partial charge in [0.15, 0.2) is 5.49 Å². The number of hydrogen-bond donors (Lipinski definition) is 0. The molecule has 0 radical (unpaired) electrons. The molecule has 0 spiro atoms. The molecule has 1 aromatic rings. The van der Waals surface area contributed by atoms with Crippen LogP contribution in [0.25, 0.3) is 0 Å². The van der Waals surface area contributed by atoms with Crippen molar-refractivity contribution in [2.24, 2.45) is 5.16 Å². The molecule has 1 rings (SSSR count). The lowest BCUT2D eigenvalue weighted by molar-refractivity contribution is -0.142. The minimum Gasteiger partial charge on any atom is -0.466 e. The van der Waals surface area contributed by atoms with Gasteiger partial charge in [-0.25, -0.2) is 14.6 Å². The zero-order chi connectivity index (χ0) is 14.1. The first-order valence-corrected chi connectivity index (χ1v) is 5.17. The van der Waals surface area contributed by atoms with Gasteiger partial charge in [-0.3, -0.25) is 0 Å². The van der Waals surface area contributed by atoms with Crippen molar-refractivity contribution in [1.82, 2.24) is 4.98 Å². The molecule has 0 unspecified atom stereocenters. The molecule has 7 nitrogen and oxygen atoms in total. The molecule has 0 bridgehead atoms. The molecule has 0 aliphatic rings. The number of carbonyl (C=O) groups is 2. The Bertz CT molecular complexity index is 532. The SMILES string of the molecule is COC(=O)/C=C(\ON=c1cccccn1)C(=O)OC. The summed E-state index contributed by atoms with van der Waals surface area (Å²) in [6, 6.07) is 6.70. The Labute approximate surface area is 109 Å². The van der Waals surface area contributed by atoms with Crippen LogP contribution in [0, 0.1) is 0 Å². The number of nitrogens with zero attached hydrogens (tertiary/aromatic N) is 2. The lowest BCUT2D eigenvalue weighted by Crippen LogP contribution is -2.12. The fraction of sp³-hybridized carbons (Fsp3) is 0.167. The Morgan fingerprint density at radius 2 is 2.00 bits per heavy atom. The zero-order valence-corrected chi connectivity index (χ0v) is 10.4. The minimum absolute atomic E-state index is 0.227. The average Bonchev–Trinajstić information content (AvgIpc) is 2.70. The van der Waals surface area contributed by atoms with Crippen molar-refractivity contribution in [3.05, 3.63) is 47.8 Å². The third-order valence-corrected chi connectivity index (χ3v) is 1.83. The second-order valence-electron chi connectivity index (χ2n) is 3.09. The molecule has 1 heterocycles. The molecule has 0 saturated heterocycles. The third-order valence-electron chi connectivity index (χ3n) is 1.83. The van der Waals surface area contributed by atoms with Gasteiger partial charge in [0.05, 0.1) is 20.3 Å². The molecule has 1 aromatic heterocycles. The second-order valence-corrected chi connectivity index (χ2v) is 3.09. The van der Waals surface area contributed by atoms with Gasteiger partial charge in [0, 0.05) is 6.20 Å². The molecular formula is C12H12N2O5. The molecular weight excluding hydrogens is 252 g/mol. The van der Waals surface area contributed by atoms with E-state index in [2.05, 4.69) is 19.6 Å². The first kappa shape index (κ1) is 14.4. The highest BCUT2D eigenvalue weighted by molar-refractivity contribution is 5.94. The first-order chi connectivity index (χ1) is 9.17. The van der Waals surface area contributed by atoms with Gasteiger partial charge < -0.3 is 14.3 Å². The van der Waals surface area contributed by atoms with Gasteiger partial charge in [0.2, 0.25) is 5.76 Å². The molecule has 0 aliphatic heterocycles. The molecule has 19 heavy (non-hydrogen) atoms. The fourth-order valence-electron chi connectivity index (χ4n) is 0.957. The zero-order valence-electron chi connectivity index (χ0n) is 10.4. The van der Waals surface area contributed by atoms with Crippen LogP contribution < -0.4 is 5.49 Å². The molecule has 0 fully saturated rings. The molecule has 100 valence electrons. The molecule has 0 aromatic carbocycles. The van der Waals surface area contributed by atoms with E-state index in [0.29, 0.717) is 0 Å². The van der Waals surface area contributed by atoms with Crippen LogP contribution in [0.15, 0.2) is 47.5 Å². The Kier molecular flexibility index (Phi) is 5.74. The molecule has 0 saturated carbocycles. The largest absolute Gasteiger partial charge is 0.466 e. The quantitative estimate of drug-likeness (QED) is 0.333. The highest BCUT2D eigenvalue weighted by Crippen LogP contribution is 2.01. The van der Waals surface area contributed by atoms with Crippen LogP contribution in [-0.4, -0.2) is 31.1 Å². The summed E-state index contributed by atoms with van der Waals surface area (Å²) in [5.74, 6) is -2.01. The summed E-state index contributed by atoms with van der Waals surface area (Å²) in [7, 11) is 2.32. The predicted molar refractivity (Wildman–Crippen MR) is 63.0 cm³/mol. The molecule has 0 amide bonds. The molecule has 0 atom stereocenters. The van der Waals surface area contributed by atoms with Gasteiger partial charge in [-0.15, -0.1) is 0 Å². The van der Waals surface area contributed by atoms with Crippen LogP contribution in [0.3, 0.4) is 0 Å². The van der Waals surface area contributed by atoms with Crippen molar-refractivity contribution in [2.45, 2.75) is 0 Å². The maximum absolute atomic E-state index is 11.3. The van der Waals surface area contributed by atoms with E-state index in [-0.39, 0.29) is 5.49 Å². The van der Waals surface area contributed by atoms with E-state index < -0.39 is 17.7 Å². The van der Waals surface area contributed by atoms with E-state index in [1.807, 2.05) is 0 Å².